The number of hydrogen-bond acceptors (Lipinski definition) is 4. The third-order valence-corrected chi connectivity index (χ3v) is 6.03. The molecule has 5 heteroatoms. The lowest BCUT2D eigenvalue weighted by atomic mass is 10.1. The van der Waals surface area contributed by atoms with Crippen LogP contribution in [0.25, 0.3) is 0 Å². The molecule has 2 aromatic rings. The second-order valence-electron chi connectivity index (χ2n) is 8.08. The summed E-state index contributed by atoms with van der Waals surface area (Å²) in [4.78, 5) is 17.6. The summed E-state index contributed by atoms with van der Waals surface area (Å²) < 4.78 is 5.42. The van der Waals surface area contributed by atoms with Crippen molar-refractivity contribution in [2.75, 3.05) is 49.2 Å². The first kappa shape index (κ1) is 19.8. The molecule has 29 heavy (non-hydrogen) atoms. The van der Waals surface area contributed by atoms with E-state index in [1.807, 2.05) is 19.1 Å². The van der Waals surface area contributed by atoms with Gasteiger partial charge in [0.05, 0.1) is 19.3 Å². The molecule has 1 atom stereocenters. The molecular weight excluding hydrogens is 362 g/mol. The SMILES string of the molecule is Cc1ccc(C(=O)N[C@@H](C)c2ccc(N3CCOCC3)cc2)cc1N1CCCC1. The Balaban J connectivity index is 1.42. The second kappa shape index (κ2) is 8.87. The van der Waals surface area contributed by atoms with Crippen LogP contribution >= 0.6 is 0 Å². The van der Waals surface area contributed by atoms with Crippen molar-refractivity contribution in [3.8, 4) is 0 Å². The van der Waals surface area contributed by atoms with Crippen LogP contribution in [0.5, 0.6) is 0 Å². The van der Waals surface area contributed by atoms with Gasteiger partial charge in [0, 0.05) is 43.1 Å². The van der Waals surface area contributed by atoms with Crippen molar-refractivity contribution in [3.05, 3.63) is 59.2 Å². The maximum Gasteiger partial charge on any atom is 0.251 e. The Labute approximate surface area is 173 Å². The third-order valence-electron chi connectivity index (χ3n) is 6.03. The highest BCUT2D eigenvalue weighted by Crippen LogP contribution is 2.26. The Kier molecular flexibility index (Phi) is 6.05. The molecule has 0 aliphatic carbocycles. The first-order chi connectivity index (χ1) is 14.1. The van der Waals surface area contributed by atoms with Crippen molar-refractivity contribution in [1.29, 1.82) is 0 Å². The van der Waals surface area contributed by atoms with Crippen molar-refractivity contribution >= 4 is 17.3 Å². The number of carbonyl (C=O) groups excluding carboxylic acids is 1. The van der Waals surface area contributed by atoms with Gasteiger partial charge in [0.1, 0.15) is 0 Å². The van der Waals surface area contributed by atoms with Crippen LogP contribution in [-0.4, -0.2) is 45.3 Å². The van der Waals surface area contributed by atoms with Gasteiger partial charge in [-0.15, -0.1) is 0 Å². The zero-order valence-electron chi connectivity index (χ0n) is 17.5. The number of aryl methyl sites for hydroxylation is 1. The van der Waals surface area contributed by atoms with E-state index in [-0.39, 0.29) is 11.9 Å². The summed E-state index contributed by atoms with van der Waals surface area (Å²) in [6.07, 6.45) is 2.46. The van der Waals surface area contributed by atoms with Crippen LogP contribution in [0.15, 0.2) is 42.5 Å². The summed E-state index contributed by atoms with van der Waals surface area (Å²) in [5, 5.41) is 3.16. The average Bonchev–Trinajstić information content (AvgIpc) is 3.29. The first-order valence-electron chi connectivity index (χ1n) is 10.7. The molecule has 5 nitrogen and oxygen atoms in total. The highest BCUT2D eigenvalue weighted by atomic mass is 16.5. The topological polar surface area (TPSA) is 44.8 Å². The van der Waals surface area contributed by atoms with Crippen LogP contribution in [0.2, 0.25) is 0 Å². The van der Waals surface area contributed by atoms with E-state index < -0.39 is 0 Å². The maximum atomic E-state index is 12.9. The van der Waals surface area contributed by atoms with Crippen LogP contribution in [0.4, 0.5) is 11.4 Å². The summed E-state index contributed by atoms with van der Waals surface area (Å²) in [5.74, 6) is -0.0183. The summed E-state index contributed by atoms with van der Waals surface area (Å²) in [6.45, 7) is 9.74. The van der Waals surface area contributed by atoms with Gasteiger partial charge >= 0.3 is 0 Å². The number of morpholine rings is 1. The summed E-state index contributed by atoms with van der Waals surface area (Å²) in [6, 6.07) is 14.5. The van der Waals surface area contributed by atoms with Gasteiger partial charge in [0.2, 0.25) is 0 Å². The fraction of sp³-hybridized carbons (Fsp3) is 0.458. The predicted molar refractivity (Wildman–Crippen MR) is 118 cm³/mol. The second-order valence-corrected chi connectivity index (χ2v) is 8.08. The van der Waals surface area contributed by atoms with Crippen LogP contribution in [0, 0.1) is 6.92 Å². The Morgan fingerprint density at radius 2 is 1.66 bits per heavy atom. The minimum Gasteiger partial charge on any atom is -0.378 e. The van der Waals surface area contributed by atoms with Crippen LogP contribution in [0.3, 0.4) is 0 Å². The number of amides is 1. The van der Waals surface area contributed by atoms with Crippen molar-refractivity contribution in [2.24, 2.45) is 0 Å². The van der Waals surface area contributed by atoms with E-state index in [4.69, 9.17) is 4.74 Å². The highest BCUT2D eigenvalue weighted by Gasteiger charge is 2.18. The molecule has 0 spiro atoms. The molecule has 0 saturated carbocycles. The molecule has 0 unspecified atom stereocenters. The molecule has 4 rings (SSSR count). The van der Waals surface area contributed by atoms with E-state index in [1.54, 1.807) is 0 Å². The summed E-state index contributed by atoms with van der Waals surface area (Å²) >= 11 is 0. The highest BCUT2D eigenvalue weighted by molar-refractivity contribution is 5.95. The van der Waals surface area contributed by atoms with Gasteiger partial charge in [-0.3, -0.25) is 4.79 Å². The van der Waals surface area contributed by atoms with Gasteiger partial charge in [0.15, 0.2) is 0 Å². The number of rotatable bonds is 5. The Bertz CT molecular complexity index is 838. The van der Waals surface area contributed by atoms with E-state index in [2.05, 4.69) is 52.4 Å². The molecule has 0 bridgehead atoms. The van der Waals surface area contributed by atoms with E-state index in [0.717, 1.165) is 50.5 Å². The van der Waals surface area contributed by atoms with Crippen molar-refractivity contribution < 1.29 is 9.53 Å². The monoisotopic (exact) mass is 393 g/mol. The normalized spacial score (nSPS) is 18.0. The van der Waals surface area contributed by atoms with E-state index in [9.17, 15) is 4.79 Å². The lowest BCUT2D eigenvalue weighted by molar-refractivity contribution is 0.0940. The molecule has 2 aromatic carbocycles. The minimum atomic E-state index is -0.0437. The lowest BCUT2D eigenvalue weighted by Gasteiger charge is -2.29. The fourth-order valence-corrected chi connectivity index (χ4v) is 4.21. The van der Waals surface area contributed by atoms with Gasteiger partial charge in [-0.2, -0.15) is 0 Å². The van der Waals surface area contributed by atoms with Crippen LogP contribution < -0.4 is 15.1 Å². The van der Waals surface area contributed by atoms with E-state index >= 15 is 0 Å². The molecule has 2 heterocycles. The van der Waals surface area contributed by atoms with Gasteiger partial charge in [-0.05, 0) is 62.1 Å². The summed E-state index contributed by atoms with van der Waals surface area (Å²) in [7, 11) is 0. The Morgan fingerprint density at radius 3 is 2.34 bits per heavy atom. The number of hydrogen-bond donors (Lipinski definition) is 1. The molecule has 0 radical (unpaired) electrons. The number of benzene rings is 2. The Hall–Kier alpha value is -2.53. The number of anilines is 2. The zero-order valence-corrected chi connectivity index (χ0v) is 17.5. The number of nitrogens with zero attached hydrogens (tertiary/aromatic N) is 2. The lowest BCUT2D eigenvalue weighted by Crippen LogP contribution is -2.36. The molecule has 154 valence electrons. The molecule has 2 aliphatic rings. The number of nitrogens with one attached hydrogen (secondary N) is 1. The zero-order chi connectivity index (χ0) is 20.2. The van der Waals surface area contributed by atoms with Gasteiger partial charge < -0.3 is 19.9 Å². The van der Waals surface area contributed by atoms with Crippen molar-refractivity contribution in [1.82, 2.24) is 5.32 Å². The molecule has 2 saturated heterocycles. The first-order valence-corrected chi connectivity index (χ1v) is 10.7. The molecule has 2 fully saturated rings. The van der Waals surface area contributed by atoms with Crippen LogP contribution in [0.1, 0.15) is 47.3 Å². The van der Waals surface area contributed by atoms with Gasteiger partial charge in [-0.25, -0.2) is 0 Å². The molecule has 1 amide bonds. The maximum absolute atomic E-state index is 12.9. The molecule has 2 aliphatic heterocycles. The van der Waals surface area contributed by atoms with Gasteiger partial charge in [-0.1, -0.05) is 18.2 Å². The molecule has 0 aromatic heterocycles. The smallest absolute Gasteiger partial charge is 0.251 e. The fourth-order valence-electron chi connectivity index (χ4n) is 4.21. The summed E-state index contributed by atoms with van der Waals surface area (Å²) in [5.41, 5.74) is 5.48. The van der Waals surface area contributed by atoms with Crippen molar-refractivity contribution in [2.45, 2.75) is 32.7 Å². The van der Waals surface area contributed by atoms with Gasteiger partial charge in [0.25, 0.3) is 5.91 Å². The van der Waals surface area contributed by atoms with Crippen LogP contribution in [-0.2, 0) is 4.74 Å². The largest absolute Gasteiger partial charge is 0.378 e. The standard InChI is InChI=1S/C24H31N3O2/c1-18-5-6-21(17-23(18)27-11-3-4-12-27)24(28)25-19(2)20-7-9-22(10-8-20)26-13-15-29-16-14-26/h5-10,17,19H,3-4,11-16H2,1-2H3,(H,25,28)/t19-/m0/s1. The number of ether oxygens (including phenoxy) is 1. The van der Waals surface area contributed by atoms with E-state index in [0.29, 0.717) is 0 Å². The third kappa shape index (κ3) is 4.56. The van der Waals surface area contributed by atoms with Crippen molar-refractivity contribution in [3.63, 3.8) is 0 Å². The van der Waals surface area contributed by atoms with E-state index in [1.165, 1.54) is 29.8 Å². The molecular formula is C24H31N3O2. The minimum absolute atomic E-state index is 0.0183. The Morgan fingerprint density at radius 1 is 0.966 bits per heavy atom. The average molecular weight is 394 g/mol. The number of carbonyl (C=O) groups is 1. The quantitative estimate of drug-likeness (QED) is 0.836. The predicted octanol–water partition coefficient (Wildman–Crippen LogP) is 3.92. The molecule has 1 N–H and O–H groups in total.